The molecule has 118 valence electrons. The summed E-state index contributed by atoms with van der Waals surface area (Å²) < 4.78 is 0. The van der Waals surface area contributed by atoms with Crippen molar-refractivity contribution in [2.24, 2.45) is 34.0 Å². The van der Waals surface area contributed by atoms with Crippen molar-refractivity contribution < 1.29 is 5.11 Å². The predicted molar refractivity (Wildman–Crippen MR) is 86.9 cm³/mol. The van der Waals surface area contributed by atoms with Gasteiger partial charge < -0.3 is 5.11 Å². The maximum absolute atomic E-state index is 10.1. The minimum atomic E-state index is 0.182. The fourth-order valence-corrected chi connectivity index (χ4v) is 7.68. The molecule has 4 saturated carbocycles. The Balaban J connectivity index is 1.73. The lowest BCUT2D eigenvalue weighted by molar-refractivity contribution is -0.158. The topological polar surface area (TPSA) is 20.2 Å². The summed E-state index contributed by atoms with van der Waals surface area (Å²) in [4.78, 5) is 0. The molecule has 1 spiro atoms. The van der Waals surface area contributed by atoms with Gasteiger partial charge in [-0.1, -0.05) is 32.4 Å². The van der Waals surface area contributed by atoms with Crippen molar-refractivity contribution in [3.63, 3.8) is 0 Å². The SMILES string of the molecule is C=C1C[C@@]23CCC4C(C)(CO)CCC[C@@]4(C)C2CC[C@@H]1C3. The van der Waals surface area contributed by atoms with Crippen molar-refractivity contribution in [2.75, 3.05) is 6.61 Å². The average molecular weight is 288 g/mol. The molecular weight excluding hydrogens is 256 g/mol. The van der Waals surface area contributed by atoms with E-state index in [4.69, 9.17) is 0 Å². The molecule has 0 radical (unpaired) electrons. The van der Waals surface area contributed by atoms with Gasteiger partial charge in [0.25, 0.3) is 0 Å². The molecule has 0 aromatic heterocycles. The highest BCUT2D eigenvalue weighted by atomic mass is 16.3. The van der Waals surface area contributed by atoms with Gasteiger partial charge in [-0.05, 0) is 85.4 Å². The van der Waals surface area contributed by atoms with E-state index in [1.54, 1.807) is 5.57 Å². The smallest absolute Gasteiger partial charge is 0.0487 e. The van der Waals surface area contributed by atoms with Crippen LogP contribution in [0.5, 0.6) is 0 Å². The lowest BCUT2D eigenvalue weighted by Gasteiger charge is -2.64. The normalized spacial score (nSPS) is 56.0. The molecule has 0 aliphatic heterocycles. The summed E-state index contributed by atoms with van der Waals surface area (Å²) >= 11 is 0. The molecule has 3 unspecified atom stereocenters. The Bertz CT molecular complexity index is 468. The van der Waals surface area contributed by atoms with Crippen LogP contribution in [0.15, 0.2) is 12.2 Å². The van der Waals surface area contributed by atoms with Gasteiger partial charge in [-0.15, -0.1) is 0 Å². The van der Waals surface area contributed by atoms with Crippen LogP contribution in [-0.4, -0.2) is 11.7 Å². The Hall–Kier alpha value is -0.300. The van der Waals surface area contributed by atoms with Crippen LogP contribution < -0.4 is 0 Å². The fraction of sp³-hybridized carbons (Fsp3) is 0.900. The maximum atomic E-state index is 10.1. The second-order valence-electron chi connectivity index (χ2n) is 9.49. The van der Waals surface area contributed by atoms with Crippen LogP contribution in [0.1, 0.15) is 71.6 Å². The van der Waals surface area contributed by atoms with E-state index < -0.39 is 0 Å². The number of hydrogen-bond acceptors (Lipinski definition) is 1. The Morgan fingerprint density at radius 3 is 2.67 bits per heavy atom. The molecule has 0 saturated heterocycles. The Labute approximate surface area is 130 Å². The Morgan fingerprint density at radius 1 is 1.10 bits per heavy atom. The van der Waals surface area contributed by atoms with E-state index in [-0.39, 0.29) is 5.41 Å². The highest BCUT2D eigenvalue weighted by molar-refractivity contribution is 5.22. The number of hydrogen-bond donors (Lipinski definition) is 1. The van der Waals surface area contributed by atoms with Gasteiger partial charge in [0, 0.05) is 6.61 Å². The minimum Gasteiger partial charge on any atom is -0.396 e. The van der Waals surface area contributed by atoms with Gasteiger partial charge in [0.15, 0.2) is 0 Å². The number of fused-ring (bicyclic) bond motifs is 3. The zero-order valence-electron chi connectivity index (χ0n) is 14.0. The van der Waals surface area contributed by atoms with E-state index in [9.17, 15) is 5.11 Å². The van der Waals surface area contributed by atoms with Gasteiger partial charge in [-0.3, -0.25) is 0 Å². The summed E-state index contributed by atoms with van der Waals surface area (Å²) in [5.74, 6) is 2.48. The van der Waals surface area contributed by atoms with Crippen molar-refractivity contribution in [3.8, 4) is 0 Å². The molecule has 1 N–H and O–H groups in total. The van der Waals surface area contributed by atoms with Crippen molar-refractivity contribution in [2.45, 2.75) is 71.6 Å². The molecule has 6 atom stereocenters. The van der Waals surface area contributed by atoms with Gasteiger partial charge in [-0.25, -0.2) is 0 Å². The molecule has 4 fully saturated rings. The highest BCUT2D eigenvalue weighted by Gasteiger charge is 2.63. The van der Waals surface area contributed by atoms with Crippen LogP contribution in [0, 0.1) is 34.0 Å². The second kappa shape index (κ2) is 4.37. The molecule has 0 amide bonds. The van der Waals surface area contributed by atoms with Crippen LogP contribution in [0.4, 0.5) is 0 Å². The second-order valence-corrected chi connectivity index (χ2v) is 9.49. The van der Waals surface area contributed by atoms with E-state index in [1.807, 2.05) is 0 Å². The fourth-order valence-electron chi connectivity index (χ4n) is 7.68. The van der Waals surface area contributed by atoms with Crippen LogP contribution in [-0.2, 0) is 0 Å². The van der Waals surface area contributed by atoms with Crippen molar-refractivity contribution in [1.29, 1.82) is 0 Å². The zero-order chi connectivity index (χ0) is 14.9. The van der Waals surface area contributed by atoms with E-state index in [0.717, 1.165) is 17.8 Å². The van der Waals surface area contributed by atoms with E-state index in [0.29, 0.717) is 17.4 Å². The van der Waals surface area contributed by atoms with Gasteiger partial charge in [0.2, 0.25) is 0 Å². The quantitative estimate of drug-likeness (QED) is 0.677. The first-order chi connectivity index (χ1) is 9.94. The molecule has 0 heterocycles. The number of aliphatic hydroxyl groups excluding tert-OH is 1. The molecule has 21 heavy (non-hydrogen) atoms. The largest absolute Gasteiger partial charge is 0.396 e. The number of aliphatic hydroxyl groups is 1. The molecule has 4 aliphatic carbocycles. The van der Waals surface area contributed by atoms with E-state index >= 15 is 0 Å². The molecule has 1 nitrogen and oxygen atoms in total. The zero-order valence-corrected chi connectivity index (χ0v) is 14.0. The maximum Gasteiger partial charge on any atom is 0.0487 e. The first-order valence-electron chi connectivity index (χ1n) is 9.22. The standard InChI is InChI=1S/C20H32O/c1-14-11-20-10-7-16-18(2,13-21)8-4-9-19(16,3)17(20)6-5-15(14)12-20/h15-17,21H,1,4-13H2,2-3H3/t15-,16?,17?,18?,19-,20-/m1/s1. The molecule has 2 bridgehead atoms. The molecule has 0 aromatic carbocycles. The molecule has 4 aliphatic rings. The summed E-state index contributed by atoms with van der Waals surface area (Å²) in [5, 5.41) is 10.1. The third-order valence-corrected chi connectivity index (χ3v) is 8.54. The molecule has 1 heteroatoms. The summed E-state index contributed by atoms with van der Waals surface area (Å²) in [6, 6.07) is 0. The summed E-state index contributed by atoms with van der Waals surface area (Å²) in [6.07, 6.45) is 12.3. The van der Waals surface area contributed by atoms with Crippen LogP contribution in [0.2, 0.25) is 0 Å². The first kappa shape index (κ1) is 14.3. The van der Waals surface area contributed by atoms with Crippen LogP contribution in [0.25, 0.3) is 0 Å². The van der Waals surface area contributed by atoms with Crippen molar-refractivity contribution >= 4 is 0 Å². The van der Waals surface area contributed by atoms with Crippen molar-refractivity contribution in [1.82, 2.24) is 0 Å². The predicted octanol–water partition coefficient (Wildman–Crippen LogP) is 4.95. The van der Waals surface area contributed by atoms with Gasteiger partial charge in [0.05, 0.1) is 0 Å². The van der Waals surface area contributed by atoms with Crippen LogP contribution in [0.3, 0.4) is 0 Å². The van der Waals surface area contributed by atoms with Gasteiger partial charge in [0.1, 0.15) is 0 Å². The van der Waals surface area contributed by atoms with Gasteiger partial charge >= 0.3 is 0 Å². The minimum absolute atomic E-state index is 0.182. The lowest BCUT2D eigenvalue weighted by Crippen LogP contribution is -2.57. The Kier molecular flexibility index (Phi) is 2.98. The lowest BCUT2D eigenvalue weighted by atomic mass is 9.41. The Morgan fingerprint density at radius 2 is 1.90 bits per heavy atom. The molecule has 0 aromatic rings. The monoisotopic (exact) mass is 288 g/mol. The molecule has 4 rings (SSSR count). The van der Waals surface area contributed by atoms with Gasteiger partial charge in [-0.2, -0.15) is 0 Å². The molecular formula is C20H32O. The summed E-state index contributed by atoms with van der Waals surface area (Å²) in [6.45, 7) is 9.77. The summed E-state index contributed by atoms with van der Waals surface area (Å²) in [7, 11) is 0. The highest BCUT2D eigenvalue weighted by Crippen LogP contribution is 2.72. The first-order valence-corrected chi connectivity index (χ1v) is 9.22. The third kappa shape index (κ3) is 1.73. The van der Waals surface area contributed by atoms with E-state index in [1.165, 1.54) is 57.8 Å². The average Bonchev–Trinajstić information content (AvgIpc) is 2.68. The summed E-state index contributed by atoms with van der Waals surface area (Å²) in [5.41, 5.74) is 2.82. The van der Waals surface area contributed by atoms with Crippen LogP contribution >= 0.6 is 0 Å². The van der Waals surface area contributed by atoms with Crippen molar-refractivity contribution in [3.05, 3.63) is 12.2 Å². The number of allylic oxidation sites excluding steroid dienone is 1. The van der Waals surface area contributed by atoms with E-state index in [2.05, 4.69) is 20.4 Å². The third-order valence-electron chi connectivity index (χ3n) is 8.54. The number of rotatable bonds is 1.